The molecule has 0 saturated carbocycles. The van der Waals surface area contributed by atoms with Gasteiger partial charge in [0.1, 0.15) is 18.2 Å². The summed E-state index contributed by atoms with van der Waals surface area (Å²) in [6.45, 7) is 5.56. The monoisotopic (exact) mass is 466 g/mol. The number of unbranched alkanes of at least 4 members (excludes halogenated alkanes) is 1. The van der Waals surface area contributed by atoms with Crippen LogP contribution in [0.25, 0.3) is 6.08 Å². The molecule has 2 N–H and O–H groups in total. The van der Waals surface area contributed by atoms with Crippen molar-refractivity contribution < 1.29 is 18.7 Å². The second kappa shape index (κ2) is 11.2. The molecule has 0 spiro atoms. The van der Waals surface area contributed by atoms with E-state index in [0.29, 0.717) is 29.0 Å². The Morgan fingerprint density at radius 3 is 2.65 bits per heavy atom. The van der Waals surface area contributed by atoms with Crippen LogP contribution in [0.2, 0.25) is 0 Å². The van der Waals surface area contributed by atoms with Crippen LogP contribution in [0.3, 0.4) is 0 Å². The summed E-state index contributed by atoms with van der Waals surface area (Å²) in [4.78, 5) is 29.0. The summed E-state index contributed by atoms with van der Waals surface area (Å²) in [5.41, 5.74) is 2.86. The minimum atomic E-state index is -0.349. The van der Waals surface area contributed by atoms with Crippen molar-refractivity contribution in [2.45, 2.75) is 12.8 Å². The quantitative estimate of drug-likeness (QED) is 0.586. The molecule has 8 heteroatoms. The predicted molar refractivity (Wildman–Crippen MR) is 131 cm³/mol. The molecule has 34 heavy (non-hydrogen) atoms. The van der Waals surface area contributed by atoms with Gasteiger partial charge in [-0.1, -0.05) is 6.07 Å². The van der Waals surface area contributed by atoms with Crippen LogP contribution in [0.15, 0.2) is 48.0 Å². The summed E-state index contributed by atoms with van der Waals surface area (Å²) in [6.07, 6.45) is 3.58. The van der Waals surface area contributed by atoms with E-state index in [9.17, 15) is 14.0 Å². The minimum absolute atomic E-state index is 0.0707. The van der Waals surface area contributed by atoms with Crippen molar-refractivity contribution in [1.82, 2.24) is 15.5 Å². The molecule has 2 heterocycles. The number of benzene rings is 2. The fourth-order valence-electron chi connectivity index (χ4n) is 4.27. The highest BCUT2D eigenvalue weighted by atomic mass is 19.1. The van der Waals surface area contributed by atoms with E-state index >= 15 is 0 Å². The topological polar surface area (TPSA) is 73.9 Å². The predicted octanol–water partition coefficient (Wildman–Crippen LogP) is 2.68. The van der Waals surface area contributed by atoms with Gasteiger partial charge in [0, 0.05) is 56.6 Å². The fourth-order valence-corrected chi connectivity index (χ4v) is 4.27. The molecule has 0 aliphatic carbocycles. The number of piperazine rings is 1. The molecule has 2 aromatic rings. The number of nitrogens with zero attached hydrogens (tertiary/aromatic N) is 2. The third-order valence-corrected chi connectivity index (χ3v) is 6.24. The van der Waals surface area contributed by atoms with Crippen LogP contribution in [0, 0.1) is 5.82 Å². The lowest BCUT2D eigenvalue weighted by Crippen LogP contribution is -2.46. The lowest BCUT2D eigenvalue weighted by molar-refractivity contribution is -0.117. The molecule has 2 aromatic carbocycles. The summed E-state index contributed by atoms with van der Waals surface area (Å²) < 4.78 is 19.0. The SMILES string of the molecule is CNC(=O)c1cccc(N2CCN(CCCCNC(=O)C3=Cc4cc(F)ccc4OC3)CC2)c1. The number of hydrogen-bond donors (Lipinski definition) is 2. The number of hydrogen-bond acceptors (Lipinski definition) is 5. The number of rotatable bonds is 8. The van der Waals surface area contributed by atoms with Gasteiger partial charge in [0.15, 0.2) is 0 Å². The highest BCUT2D eigenvalue weighted by Gasteiger charge is 2.19. The summed E-state index contributed by atoms with van der Waals surface area (Å²) in [5, 5.41) is 5.61. The van der Waals surface area contributed by atoms with Gasteiger partial charge in [0.05, 0.1) is 5.57 Å². The zero-order valence-electron chi connectivity index (χ0n) is 19.5. The van der Waals surface area contributed by atoms with Gasteiger partial charge in [0.25, 0.3) is 11.8 Å². The highest BCUT2D eigenvalue weighted by Crippen LogP contribution is 2.27. The van der Waals surface area contributed by atoms with E-state index in [2.05, 4.69) is 20.4 Å². The molecule has 1 saturated heterocycles. The summed E-state index contributed by atoms with van der Waals surface area (Å²) in [5.74, 6) is 0.0109. The first-order chi connectivity index (χ1) is 16.5. The molecular formula is C26H31FN4O3. The van der Waals surface area contributed by atoms with Crippen LogP contribution >= 0.6 is 0 Å². The lowest BCUT2D eigenvalue weighted by Gasteiger charge is -2.36. The molecule has 4 rings (SSSR count). The molecule has 0 radical (unpaired) electrons. The summed E-state index contributed by atoms with van der Waals surface area (Å²) >= 11 is 0. The van der Waals surface area contributed by atoms with Crippen LogP contribution in [0.1, 0.15) is 28.8 Å². The zero-order chi connectivity index (χ0) is 23.9. The van der Waals surface area contributed by atoms with Crippen LogP contribution in [0.5, 0.6) is 5.75 Å². The van der Waals surface area contributed by atoms with Crippen LogP contribution in [-0.4, -0.2) is 69.6 Å². The van der Waals surface area contributed by atoms with Gasteiger partial charge in [0.2, 0.25) is 0 Å². The van der Waals surface area contributed by atoms with Gasteiger partial charge in [-0.3, -0.25) is 14.5 Å². The molecule has 0 aromatic heterocycles. The normalized spacial score (nSPS) is 15.7. The average Bonchev–Trinajstić information content (AvgIpc) is 2.87. The Kier molecular flexibility index (Phi) is 7.80. The first kappa shape index (κ1) is 23.8. The van der Waals surface area contributed by atoms with Gasteiger partial charge in [-0.25, -0.2) is 4.39 Å². The highest BCUT2D eigenvalue weighted by molar-refractivity contribution is 5.99. The maximum Gasteiger partial charge on any atom is 0.251 e. The Bertz CT molecular complexity index is 1060. The molecule has 0 atom stereocenters. The molecular weight excluding hydrogens is 435 g/mol. The van der Waals surface area contributed by atoms with Gasteiger partial charge in [-0.15, -0.1) is 0 Å². The number of fused-ring (bicyclic) bond motifs is 1. The van der Waals surface area contributed by atoms with Crippen molar-refractivity contribution in [2.24, 2.45) is 0 Å². The van der Waals surface area contributed by atoms with Crippen molar-refractivity contribution in [2.75, 3.05) is 57.8 Å². The number of nitrogens with one attached hydrogen (secondary N) is 2. The van der Waals surface area contributed by atoms with Crippen molar-refractivity contribution in [3.8, 4) is 5.75 Å². The first-order valence-corrected chi connectivity index (χ1v) is 11.7. The second-order valence-electron chi connectivity index (χ2n) is 8.56. The number of amides is 2. The maximum absolute atomic E-state index is 13.4. The molecule has 0 bridgehead atoms. The minimum Gasteiger partial charge on any atom is -0.488 e. The number of ether oxygens (including phenoxy) is 1. The smallest absolute Gasteiger partial charge is 0.251 e. The van der Waals surface area contributed by atoms with E-state index in [1.54, 1.807) is 19.2 Å². The Morgan fingerprint density at radius 1 is 1.03 bits per heavy atom. The van der Waals surface area contributed by atoms with Crippen molar-refractivity contribution in [3.63, 3.8) is 0 Å². The molecule has 0 unspecified atom stereocenters. The zero-order valence-corrected chi connectivity index (χ0v) is 19.5. The summed E-state index contributed by atoms with van der Waals surface area (Å²) in [7, 11) is 1.64. The van der Waals surface area contributed by atoms with Crippen molar-refractivity contribution >= 4 is 23.6 Å². The van der Waals surface area contributed by atoms with Gasteiger partial charge in [-0.2, -0.15) is 0 Å². The number of carbonyl (C=O) groups is 2. The third-order valence-electron chi connectivity index (χ3n) is 6.24. The molecule has 2 aliphatic rings. The van der Waals surface area contributed by atoms with Crippen molar-refractivity contribution in [3.05, 3.63) is 65.0 Å². The molecule has 180 valence electrons. The van der Waals surface area contributed by atoms with E-state index in [0.717, 1.165) is 51.3 Å². The van der Waals surface area contributed by atoms with Crippen LogP contribution < -0.4 is 20.3 Å². The van der Waals surface area contributed by atoms with Crippen LogP contribution in [0.4, 0.5) is 10.1 Å². The average molecular weight is 467 g/mol. The van der Waals surface area contributed by atoms with E-state index in [4.69, 9.17) is 4.74 Å². The number of halogens is 1. The molecule has 7 nitrogen and oxygen atoms in total. The Morgan fingerprint density at radius 2 is 1.85 bits per heavy atom. The standard InChI is InChI=1S/C26H31FN4O3/c1-28-25(32)19-5-4-6-23(17-19)31-13-11-30(12-14-31)10-3-2-9-29-26(33)21-15-20-16-22(27)7-8-24(20)34-18-21/h4-8,15-17H,2-3,9-14,18H2,1H3,(H,28,32)(H,29,33). The number of anilines is 1. The largest absolute Gasteiger partial charge is 0.488 e. The molecule has 1 fully saturated rings. The van der Waals surface area contributed by atoms with Crippen LogP contribution in [-0.2, 0) is 4.79 Å². The van der Waals surface area contributed by atoms with Gasteiger partial charge in [-0.05, 0) is 61.9 Å². The summed E-state index contributed by atoms with van der Waals surface area (Å²) in [6, 6.07) is 12.0. The van der Waals surface area contributed by atoms with E-state index in [1.807, 2.05) is 24.3 Å². The number of carbonyl (C=O) groups excluding carboxylic acids is 2. The first-order valence-electron chi connectivity index (χ1n) is 11.7. The van der Waals surface area contributed by atoms with Crippen molar-refractivity contribution in [1.29, 1.82) is 0 Å². The van der Waals surface area contributed by atoms with E-state index in [-0.39, 0.29) is 24.2 Å². The second-order valence-corrected chi connectivity index (χ2v) is 8.56. The lowest BCUT2D eigenvalue weighted by atomic mass is 10.1. The van der Waals surface area contributed by atoms with Gasteiger partial charge >= 0.3 is 0 Å². The van der Waals surface area contributed by atoms with E-state index in [1.165, 1.54) is 12.1 Å². The third kappa shape index (κ3) is 5.94. The molecule has 2 aliphatic heterocycles. The molecule has 2 amide bonds. The Balaban J connectivity index is 1.15. The fraction of sp³-hybridized carbons (Fsp3) is 0.385. The Hall–Kier alpha value is -3.39. The Labute approximate surface area is 199 Å². The van der Waals surface area contributed by atoms with E-state index < -0.39 is 0 Å². The maximum atomic E-state index is 13.4. The van der Waals surface area contributed by atoms with Gasteiger partial charge < -0.3 is 20.3 Å².